The second kappa shape index (κ2) is 8.65. The summed E-state index contributed by atoms with van der Waals surface area (Å²) in [4.78, 5) is 11.4. The fourth-order valence-corrected chi connectivity index (χ4v) is 1.29. The van der Waals surface area contributed by atoms with Gasteiger partial charge in [0.2, 0.25) is 5.91 Å². The highest BCUT2D eigenvalue weighted by Gasteiger charge is 2.28. The number of carbonyl (C=O) groups excluding carboxylic acids is 1. The molecule has 0 fully saturated rings. The lowest BCUT2D eigenvalue weighted by Gasteiger charge is -2.10. The van der Waals surface area contributed by atoms with Gasteiger partial charge in [0.05, 0.1) is 0 Å². The summed E-state index contributed by atoms with van der Waals surface area (Å²) < 4.78 is 40.3. The van der Waals surface area contributed by atoms with Crippen molar-refractivity contribution in [3.63, 3.8) is 0 Å². The largest absolute Gasteiger partial charge is 0.484 e. The molecule has 0 aromatic heterocycles. The molecule has 0 saturated heterocycles. The van der Waals surface area contributed by atoms with Gasteiger partial charge in [0.25, 0.3) is 0 Å². The van der Waals surface area contributed by atoms with Gasteiger partial charge in [0.1, 0.15) is 5.75 Å². The average Bonchev–Trinajstić information content (AvgIpc) is 2.34. The Morgan fingerprint density at radius 1 is 1.25 bits per heavy atom. The number of alkyl halides is 3. The monoisotopic (exact) mass is 312 g/mol. The van der Waals surface area contributed by atoms with Crippen molar-refractivity contribution in [2.45, 2.75) is 19.0 Å². The summed E-state index contributed by atoms with van der Waals surface area (Å²) in [5, 5.41) is 2.60. The van der Waals surface area contributed by atoms with Crippen LogP contribution in [0.2, 0.25) is 0 Å². The van der Waals surface area contributed by atoms with Gasteiger partial charge in [0, 0.05) is 12.1 Å². The number of hydrogen-bond acceptors (Lipinski definition) is 3. The first kappa shape index (κ1) is 18.5. The lowest BCUT2D eigenvalue weighted by atomic mass is 10.2. The molecule has 1 aromatic rings. The van der Waals surface area contributed by atoms with E-state index < -0.39 is 12.8 Å². The van der Waals surface area contributed by atoms with Gasteiger partial charge in [-0.1, -0.05) is 0 Å². The van der Waals surface area contributed by atoms with Crippen LogP contribution >= 0.6 is 12.4 Å². The van der Waals surface area contributed by atoms with E-state index in [2.05, 4.69) is 10.1 Å². The zero-order valence-corrected chi connectivity index (χ0v) is 11.4. The van der Waals surface area contributed by atoms with Gasteiger partial charge in [-0.25, -0.2) is 0 Å². The predicted molar refractivity (Wildman–Crippen MR) is 72.2 cm³/mol. The summed E-state index contributed by atoms with van der Waals surface area (Å²) in [6.07, 6.45) is -3.48. The summed E-state index contributed by atoms with van der Waals surface area (Å²) in [6, 6.07) is 5.69. The molecule has 1 rings (SSSR count). The van der Waals surface area contributed by atoms with Crippen molar-refractivity contribution < 1.29 is 22.7 Å². The Kier molecular flexibility index (Phi) is 8.02. The molecule has 114 valence electrons. The maximum absolute atomic E-state index is 11.9. The molecule has 0 aliphatic rings. The van der Waals surface area contributed by atoms with Crippen LogP contribution in [0.15, 0.2) is 24.3 Å². The first-order valence-corrected chi connectivity index (χ1v) is 5.70. The minimum atomic E-state index is -4.37. The van der Waals surface area contributed by atoms with Gasteiger partial charge in [-0.05, 0) is 37.2 Å². The lowest BCUT2D eigenvalue weighted by Crippen LogP contribution is -2.19. The molecule has 1 aromatic carbocycles. The molecule has 0 aliphatic carbocycles. The van der Waals surface area contributed by atoms with Crippen LogP contribution in [0.5, 0.6) is 5.75 Å². The van der Waals surface area contributed by atoms with Crippen LogP contribution in [-0.4, -0.2) is 25.2 Å². The predicted octanol–water partition coefficient (Wildman–Crippen LogP) is 2.73. The number of nitrogens with one attached hydrogen (secondary N) is 1. The Balaban J connectivity index is 0.00000361. The maximum atomic E-state index is 11.9. The number of hydrogen-bond donors (Lipinski definition) is 2. The highest BCUT2D eigenvalue weighted by molar-refractivity contribution is 5.90. The lowest BCUT2D eigenvalue weighted by molar-refractivity contribution is -0.153. The van der Waals surface area contributed by atoms with Crippen LogP contribution in [-0.2, 0) is 4.79 Å². The second-order valence-electron chi connectivity index (χ2n) is 3.87. The molecule has 0 spiro atoms. The Morgan fingerprint density at radius 3 is 2.35 bits per heavy atom. The highest BCUT2D eigenvalue weighted by atomic mass is 35.5. The van der Waals surface area contributed by atoms with E-state index in [1.165, 1.54) is 24.3 Å². The van der Waals surface area contributed by atoms with E-state index in [4.69, 9.17) is 5.73 Å². The van der Waals surface area contributed by atoms with Gasteiger partial charge in [-0.15, -0.1) is 12.4 Å². The van der Waals surface area contributed by atoms with E-state index in [9.17, 15) is 18.0 Å². The van der Waals surface area contributed by atoms with E-state index in [1.54, 1.807) is 0 Å². The number of nitrogens with two attached hydrogens (primary N) is 1. The molecule has 4 nitrogen and oxygen atoms in total. The average molecular weight is 313 g/mol. The van der Waals surface area contributed by atoms with Crippen LogP contribution in [0, 0.1) is 0 Å². The molecular weight excluding hydrogens is 297 g/mol. The Bertz CT molecular complexity index is 410. The molecule has 20 heavy (non-hydrogen) atoms. The number of rotatable bonds is 6. The number of amides is 1. The molecule has 1 amide bonds. The first-order chi connectivity index (χ1) is 8.90. The fraction of sp³-hybridized carbons (Fsp3) is 0.417. The van der Waals surface area contributed by atoms with Gasteiger partial charge in [-0.2, -0.15) is 13.2 Å². The van der Waals surface area contributed by atoms with Crippen LogP contribution in [0.25, 0.3) is 0 Å². The zero-order chi connectivity index (χ0) is 14.3. The third kappa shape index (κ3) is 7.85. The Hall–Kier alpha value is -1.47. The molecule has 0 aliphatic heterocycles. The molecular formula is C12H16ClF3N2O2. The first-order valence-electron chi connectivity index (χ1n) is 5.70. The van der Waals surface area contributed by atoms with Crippen LogP contribution in [0.3, 0.4) is 0 Å². The summed E-state index contributed by atoms with van der Waals surface area (Å²) in [5.41, 5.74) is 5.77. The number of benzene rings is 1. The molecule has 0 unspecified atom stereocenters. The Morgan fingerprint density at radius 2 is 1.85 bits per heavy atom. The van der Waals surface area contributed by atoms with Crippen molar-refractivity contribution in [1.82, 2.24) is 0 Å². The molecule has 0 heterocycles. The van der Waals surface area contributed by atoms with Crippen molar-refractivity contribution in [3.8, 4) is 5.75 Å². The van der Waals surface area contributed by atoms with Crippen molar-refractivity contribution in [1.29, 1.82) is 0 Å². The van der Waals surface area contributed by atoms with E-state index in [0.717, 1.165) is 0 Å². The molecule has 0 radical (unpaired) electrons. The standard InChI is InChI=1S/C12H15F3N2O2.ClH/c13-12(14,15)8-19-10-5-3-9(4-6-10)17-11(18)2-1-7-16;/h3-6H,1-2,7-8,16H2,(H,17,18);1H. The molecule has 0 bridgehead atoms. The van der Waals surface area contributed by atoms with Crippen LogP contribution < -0.4 is 15.8 Å². The van der Waals surface area contributed by atoms with Gasteiger partial charge in [0.15, 0.2) is 6.61 Å². The number of halogens is 4. The molecule has 0 atom stereocenters. The zero-order valence-electron chi connectivity index (χ0n) is 10.6. The second-order valence-corrected chi connectivity index (χ2v) is 3.87. The molecule has 0 saturated carbocycles. The third-order valence-corrected chi connectivity index (χ3v) is 2.15. The number of carbonyl (C=O) groups is 1. The smallest absolute Gasteiger partial charge is 0.422 e. The van der Waals surface area contributed by atoms with Gasteiger partial charge >= 0.3 is 6.18 Å². The maximum Gasteiger partial charge on any atom is 0.422 e. The van der Waals surface area contributed by atoms with E-state index >= 15 is 0 Å². The minimum absolute atomic E-state index is 0. The van der Waals surface area contributed by atoms with E-state index in [1.807, 2.05) is 0 Å². The molecule has 3 N–H and O–H groups in total. The van der Waals surface area contributed by atoms with E-state index in [0.29, 0.717) is 25.1 Å². The third-order valence-electron chi connectivity index (χ3n) is 2.15. The highest BCUT2D eigenvalue weighted by Crippen LogP contribution is 2.20. The summed E-state index contributed by atoms with van der Waals surface area (Å²) >= 11 is 0. The van der Waals surface area contributed by atoms with Crippen molar-refractivity contribution >= 4 is 24.0 Å². The van der Waals surface area contributed by atoms with Crippen molar-refractivity contribution in [2.75, 3.05) is 18.5 Å². The van der Waals surface area contributed by atoms with Crippen LogP contribution in [0.4, 0.5) is 18.9 Å². The van der Waals surface area contributed by atoms with E-state index in [-0.39, 0.29) is 24.1 Å². The Labute approximate surface area is 120 Å². The number of ether oxygens (including phenoxy) is 1. The minimum Gasteiger partial charge on any atom is -0.484 e. The fourth-order valence-electron chi connectivity index (χ4n) is 1.29. The van der Waals surface area contributed by atoms with Crippen molar-refractivity contribution in [2.24, 2.45) is 5.73 Å². The van der Waals surface area contributed by atoms with Crippen LogP contribution in [0.1, 0.15) is 12.8 Å². The SMILES string of the molecule is Cl.NCCCC(=O)Nc1ccc(OCC(F)(F)F)cc1. The summed E-state index contributed by atoms with van der Waals surface area (Å²) in [5.74, 6) is -0.0910. The topological polar surface area (TPSA) is 64.4 Å². The van der Waals surface area contributed by atoms with Gasteiger partial charge in [-0.3, -0.25) is 4.79 Å². The summed E-state index contributed by atoms with van der Waals surface area (Å²) in [7, 11) is 0. The number of anilines is 1. The quantitative estimate of drug-likeness (QED) is 0.849. The summed E-state index contributed by atoms with van der Waals surface area (Å²) in [6.45, 7) is -0.910. The molecule has 8 heteroatoms. The normalized spacial score (nSPS) is 10.6. The van der Waals surface area contributed by atoms with Gasteiger partial charge < -0.3 is 15.8 Å². The van der Waals surface area contributed by atoms with Crippen molar-refractivity contribution in [3.05, 3.63) is 24.3 Å².